The van der Waals surface area contributed by atoms with Crippen molar-refractivity contribution in [2.24, 2.45) is 17.6 Å². The molecule has 0 aliphatic heterocycles. The maximum absolute atomic E-state index is 7.41. The van der Waals surface area contributed by atoms with Crippen LogP contribution in [0.5, 0.6) is 5.88 Å². The second-order valence-corrected chi connectivity index (χ2v) is 5.45. The predicted octanol–water partition coefficient (Wildman–Crippen LogP) is 2.57. The van der Waals surface area contributed by atoms with Crippen molar-refractivity contribution in [2.45, 2.75) is 39.2 Å². The quantitative estimate of drug-likeness (QED) is 0.637. The van der Waals surface area contributed by atoms with Gasteiger partial charge in [0, 0.05) is 17.8 Å². The Labute approximate surface area is 108 Å². The average molecular weight is 247 g/mol. The molecule has 18 heavy (non-hydrogen) atoms. The molecule has 1 aromatic heterocycles. The van der Waals surface area contributed by atoms with E-state index in [0.29, 0.717) is 23.3 Å². The smallest absolute Gasteiger partial charge is 0.214 e. The number of hydrogen-bond donors (Lipinski definition) is 2. The van der Waals surface area contributed by atoms with Crippen molar-refractivity contribution >= 4 is 5.84 Å². The van der Waals surface area contributed by atoms with E-state index in [-0.39, 0.29) is 11.9 Å². The Hall–Kier alpha value is -1.58. The van der Waals surface area contributed by atoms with Crippen molar-refractivity contribution in [3.05, 3.63) is 23.9 Å². The molecule has 1 aliphatic rings. The molecule has 1 aliphatic carbocycles. The molecule has 2 unspecified atom stereocenters. The molecule has 4 nitrogen and oxygen atoms in total. The number of amidine groups is 1. The summed E-state index contributed by atoms with van der Waals surface area (Å²) in [4.78, 5) is 4.19. The Morgan fingerprint density at radius 3 is 2.61 bits per heavy atom. The van der Waals surface area contributed by atoms with Gasteiger partial charge in [0.05, 0.1) is 0 Å². The van der Waals surface area contributed by atoms with Crippen LogP contribution in [-0.4, -0.2) is 16.9 Å². The van der Waals surface area contributed by atoms with E-state index in [4.69, 9.17) is 15.9 Å². The van der Waals surface area contributed by atoms with Crippen LogP contribution in [0, 0.1) is 17.2 Å². The molecule has 3 N–H and O–H groups in total. The van der Waals surface area contributed by atoms with E-state index in [0.717, 1.165) is 12.8 Å². The van der Waals surface area contributed by atoms with E-state index in [1.54, 1.807) is 18.3 Å². The Bertz CT molecular complexity index is 423. The first-order valence-corrected chi connectivity index (χ1v) is 6.51. The second-order valence-electron chi connectivity index (χ2n) is 5.45. The molecule has 0 bridgehead atoms. The molecule has 1 saturated carbocycles. The Morgan fingerprint density at radius 1 is 1.33 bits per heavy atom. The summed E-state index contributed by atoms with van der Waals surface area (Å²) >= 11 is 0. The van der Waals surface area contributed by atoms with Gasteiger partial charge in [-0.15, -0.1) is 0 Å². The number of nitrogens with zero attached hydrogens (tertiary/aromatic N) is 1. The molecular weight excluding hydrogens is 226 g/mol. The molecule has 4 heteroatoms. The van der Waals surface area contributed by atoms with Gasteiger partial charge in [-0.05, 0) is 37.2 Å². The van der Waals surface area contributed by atoms with Gasteiger partial charge in [-0.25, -0.2) is 4.98 Å². The van der Waals surface area contributed by atoms with E-state index >= 15 is 0 Å². The fourth-order valence-corrected chi connectivity index (χ4v) is 2.78. The highest BCUT2D eigenvalue weighted by molar-refractivity contribution is 5.95. The summed E-state index contributed by atoms with van der Waals surface area (Å²) in [5.41, 5.74) is 6.12. The van der Waals surface area contributed by atoms with Gasteiger partial charge in [0.1, 0.15) is 11.9 Å². The van der Waals surface area contributed by atoms with Crippen LogP contribution in [0.2, 0.25) is 0 Å². The zero-order valence-corrected chi connectivity index (χ0v) is 11.0. The maximum atomic E-state index is 7.41. The molecule has 0 amide bonds. The van der Waals surface area contributed by atoms with E-state index < -0.39 is 0 Å². The highest BCUT2D eigenvalue weighted by atomic mass is 16.5. The lowest BCUT2D eigenvalue weighted by atomic mass is 9.82. The fraction of sp³-hybridized carbons (Fsp3) is 0.571. The molecule has 1 aromatic rings. The Kier molecular flexibility index (Phi) is 3.84. The highest BCUT2D eigenvalue weighted by Crippen LogP contribution is 2.30. The van der Waals surface area contributed by atoms with Gasteiger partial charge >= 0.3 is 0 Å². The van der Waals surface area contributed by atoms with Crippen LogP contribution in [-0.2, 0) is 0 Å². The second kappa shape index (κ2) is 5.38. The number of ether oxygens (including phenoxy) is 1. The van der Waals surface area contributed by atoms with Crippen molar-refractivity contribution in [3.63, 3.8) is 0 Å². The van der Waals surface area contributed by atoms with Crippen molar-refractivity contribution < 1.29 is 4.74 Å². The van der Waals surface area contributed by atoms with Crippen LogP contribution in [0.4, 0.5) is 0 Å². The van der Waals surface area contributed by atoms with Crippen LogP contribution in [0.25, 0.3) is 0 Å². The summed E-state index contributed by atoms with van der Waals surface area (Å²) in [6.07, 6.45) is 5.31. The van der Waals surface area contributed by atoms with Gasteiger partial charge in [0.25, 0.3) is 0 Å². The summed E-state index contributed by atoms with van der Waals surface area (Å²) in [5.74, 6) is 2.03. The summed E-state index contributed by atoms with van der Waals surface area (Å²) in [7, 11) is 0. The van der Waals surface area contributed by atoms with Gasteiger partial charge in [0.15, 0.2) is 0 Å². The average Bonchev–Trinajstić information content (AvgIpc) is 2.27. The van der Waals surface area contributed by atoms with Gasteiger partial charge < -0.3 is 10.5 Å². The number of nitrogens with two attached hydrogens (primary N) is 1. The van der Waals surface area contributed by atoms with Gasteiger partial charge in [-0.2, -0.15) is 0 Å². The normalized spacial score (nSPS) is 27.8. The number of pyridine rings is 1. The van der Waals surface area contributed by atoms with Gasteiger partial charge in [-0.3, -0.25) is 5.41 Å². The fourth-order valence-electron chi connectivity index (χ4n) is 2.78. The van der Waals surface area contributed by atoms with Crippen molar-refractivity contribution in [1.29, 1.82) is 5.41 Å². The number of rotatable bonds is 3. The van der Waals surface area contributed by atoms with Crippen molar-refractivity contribution in [1.82, 2.24) is 4.98 Å². The summed E-state index contributed by atoms with van der Waals surface area (Å²) < 4.78 is 5.92. The number of nitrogens with one attached hydrogen (secondary N) is 1. The van der Waals surface area contributed by atoms with Crippen LogP contribution >= 0.6 is 0 Å². The van der Waals surface area contributed by atoms with Gasteiger partial charge in [0.2, 0.25) is 5.88 Å². The minimum absolute atomic E-state index is 0.0487. The molecule has 0 aromatic carbocycles. The third-order valence-electron chi connectivity index (χ3n) is 3.47. The topological polar surface area (TPSA) is 72.0 Å². The lowest BCUT2D eigenvalue weighted by Gasteiger charge is -2.31. The Morgan fingerprint density at radius 2 is 2.00 bits per heavy atom. The molecule has 0 radical (unpaired) electrons. The van der Waals surface area contributed by atoms with E-state index in [2.05, 4.69) is 18.8 Å². The lowest BCUT2D eigenvalue weighted by molar-refractivity contribution is 0.0967. The van der Waals surface area contributed by atoms with Crippen molar-refractivity contribution in [3.8, 4) is 5.88 Å². The SMILES string of the molecule is CC1CC(C)CC(Oc2cc(C(=N)N)ccn2)C1. The van der Waals surface area contributed by atoms with Crippen LogP contribution in [0.15, 0.2) is 18.3 Å². The van der Waals surface area contributed by atoms with Crippen molar-refractivity contribution in [2.75, 3.05) is 0 Å². The van der Waals surface area contributed by atoms with Crippen LogP contribution < -0.4 is 10.5 Å². The summed E-state index contributed by atoms with van der Waals surface area (Å²) in [6.45, 7) is 4.54. The van der Waals surface area contributed by atoms with Gasteiger partial charge in [-0.1, -0.05) is 13.8 Å². The number of hydrogen-bond acceptors (Lipinski definition) is 3. The molecule has 0 spiro atoms. The van der Waals surface area contributed by atoms with Crippen LogP contribution in [0.1, 0.15) is 38.7 Å². The monoisotopic (exact) mass is 247 g/mol. The molecular formula is C14H21N3O. The first-order chi connectivity index (χ1) is 8.54. The highest BCUT2D eigenvalue weighted by Gasteiger charge is 2.25. The summed E-state index contributed by atoms with van der Waals surface area (Å²) in [6, 6.07) is 3.47. The Balaban J connectivity index is 2.04. The third-order valence-corrected chi connectivity index (χ3v) is 3.47. The predicted molar refractivity (Wildman–Crippen MR) is 71.8 cm³/mol. The first kappa shape index (κ1) is 12.9. The number of nitrogen functional groups attached to an aromatic ring is 1. The third kappa shape index (κ3) is 3.22. The maximum Gasteiger partial charge on any atom is 0.214 e. The molecule has 1 heterocycles. The zero-order valence-electron chi connectivity index (χ0n) is 11.0. The standard InChI is InChI=1S/C14H21N3O/c1-9-5-10(2)7-12(6-9)18-13-8-11(14(15)16)3-4-17-13/h3-4,8-10,12H,5-7H2,1-2H3,(H3,15,16). The minimum Gasteiger partial charge on any atom is -0.474 e. The first-order valence-electron chi connectivity index (χ1n) is 6.51. The van der Waals surface area contributed by atoms with E-state index in [9.17, 15) is 0 Å². The number of aromatic nitrogens is 1. The zero-order chi connectivity index (χ0) is 13.1. The molecule has 0 saturated heterocycles. The molecule has 2 rings (SSSR count). The van der Waals surface area contributed by atoms with Crippen LogP contribution in [0.3, 0.4) is 0 Å². The summed E-state index contributed by atoms with van der Waals surface area (Å²) in [5, 5.41) is 7.41. The molecule has 1 fully saturated rings. The van der Waals surface area contributed by atoms with E-state index in [1.807, 2.05) is 0 Å². The molecule has 2 atom stereocenters. The lowest BCUT2D eigenvalue weighted by Crippen LogP contribution is -2.28. The molecule has 98 valence electrons. The largest absolute Gasteiger partial charge is 0.474 e. The minimum atomic E-state index is 0.0487. The van der Waals surface area contributed by atoms with E-state index in [1.165, 1.54) is 6.42 Å².